The Kier molecular flexibility index (Phi) is 7.82. The third-order valence-electron chi connectivity index (χ3n) is 3.57. The minimum Gasteiger partial charge on any atom is -0.493 e. The molecular weight excluding hydrogens is 292 g/mol. The van der Waals surface area contributed by atoms with Gasteiger partial charge in [0, 0.05) is 32.1 Å². The highest BCUT2D eigenvalue weighted by Gasteiger charge is 2.23. The molecule has 2 atom stereocenters. The molecule has 120 valence electrons. The van der Waals surface area contributed by atoms with Gasteiger partial charge < -0.3 is 25.2 Å². The van der Waals surface area contributed by atoms with Crippen LogP contribution >= 0.6 is 12.4 Å². The number of ether oxygens (including phenoxy) is 2. The monoisotopic (exact) mass is 316 g/mol. The first kappa shape index (κ1) is 18.0. The number of aliphatic hydroxyl groups excluding tert-OH is 1. The number of hydrogen-bond donors (Lipinski definition) is 3. The molecule has 1 heterocycles. The van der Waals surface area contributed by atoms with Gasteiger partial charge in [0.1, 0.15) is 0 Å². The Bertz CT molecular complexity index is 431. The first-order chi connectivity index (χ1) is 9.74. The van der Waals surface area contributed by atoms with Crippen molar-refractivity contribution >= 4 is 12.4 Å². The first-order valence-corrected chi connectivity index (χ1v) is 7.13. The van der Waals surface area contributed by atoms with Crippen molar-refractivity contribution in [1.82, 2.24) is 10.6 Å². The Balaban J connectivity index is 0.00000220. The van der Waals surface area contributed by atoms with Crippen molar-refractivity contribution in [2.24, 2.45) is 5.92 Å². The predicted octanol–water partition coefficient (Wildman–Crippen LogP) is 1.19. The summed E-state index contributed by atoms with van der Waals surface area (Å²) >= 11 is 0. The summed E-state index contributed by atoms with van der Waals surface area (Å²) in [6.45, 7) is 5.72. The van der Waals surface area contributed by atoms with E-state index in [1.807, 2.05) is 25.1 Å². The van der Waals surface area contributed by atoms with Gasteiger partial charge in [0.2, 0.25) is 0 Å². The maximum Gasteiger partial charge on any atom is 0.161 e. The normalized spacial score (nSPS) is 20.9. The first-order valence-electron chi connectivity index (χ1n) is 7.13. The maximum atomic E-state index is 9.73. The van der Waals surface area contributed by atoms with Crippen molar-refractivity contribution < 1.29 is 14.6 Å². The lowest BCUT2D eigenvalue weighted by atomic mass is 10.1. The molecule has 6 heteroatoms. The minimum atomic E-state index is -0.239. The fourth-order valence-electron chi connectivity index (χ4n) is 2.43. The van der Waals surface area contributed by atoms with Crippen LogP contribution in [0.25, 0.3) is 0 Å². The van der Waals surface area contributed by atoms with Crippen molar-refractivity contribution in [3.8, 4) is 11.5 Å². The number of β-amino-alcohol motifs (C(OH)–C–C–N with tert-alkyl or cyclic N) is 1. The minimum absolute atomic E-state index is 0. The van der Waals surface area contributed by atoms with E-state index in [1.54, 1.807) is 7.11 Å². The zero-order valence-electron chi connectivity index (χ0n) is 12.6. The van der Waals surface area contributed by atoms with Crippen LogP contribution < -0.4 is 20.1 Å². The molecule has 1 fully saturated rings. The van der Waals surface area contributed by atoms with Crippen molar-refractivity contribution in [2.75, 3.05) is 33.4 Å². The summed E-state index contributed by atoms with van der Waals surface area (Å²) in [5.74, 6) is 1.82. The van der Waals surface area contributed by atoms with Gasteiger partial charge in [-0.2, -0.15) is 0 Å². The summed E-state index contributed by atoms with van der Waals surface area (Å²) in [6.07, 6.45) is -0.239. The van der Waals surface area contributed by atoms with Gasteiger partial charge in [-0.05, 0) is 24.6 Å². The van der Waals surface area contributed by atoms with Crippen LogP contribution in [-0.2, 0) is 6.54 Å². The summed E-state index contributed by atoms with van der Waals surface area (Å²) < 4.78 is 10.8. The van der Waals surface area contributed by atoms with E-state index in [1.165, 1.54) is 0 Å². The Morgan fingerprint density at radius 1 is 1.33 bits per heavy atom. The number of aliphatic hydroxyl groups is 1. The van der Waals surface area contributed by atoms with Crippen LogP contribution in [0.3, 0.4) is 0 Å². The van der Waals surface area contributed by atoms with Crippen molar-refractivity contribution in [3.05, 3.63) is 23.8 Å². The SMILES string of the molecule is CCOc1cc(CNCC2CNCC2O)ccc1OC.Cl. The summed E-state index contributed by atoms with van der Waals surface area (Å²) in [6, 6.07) is 5.95. The molecule has 3 N–H and O–H groups in total. The van der Waals surface area contributed by atoms with Gasteiger partial charge in [0.15, 0.2) is 11.5 Å². The van der Waals surface area contributed by atoms with Crippen molar-refractivity contribution in [2.45, 2.75) is 19.6 Å². The molecule has 0 amide bonds. The van der Waals surface area contributed by atoms with Crippen molar-refractivity contribution in [1.29, 1.82) is 0 Å². The fraction of sp³-hybridized carbons (Fsp3) is 0.600. The highest BCUT2D eigenvalue weighted by Crippen LogP contribution is 2.28. The van der Waals surface area contributed by atoms with E-state index in [4.69, 9.17) is 9.47 Å². The number of nitrogens with one attached hydrogen (secondary N) is 2. The van der Waals surface area contributed by atoms with Gasteiger partial charge in [-0.1, -0.05) is 6.07 Å². The largest absolute Gasteiger partial charge is 0.493 e. The summed E-state index contributed by atoms with van der Waals surface area (Å²) in [7, 11) is 1.64. The number of halogens is 1. The molecule has 1 aromatic rings. The van der Waals surface area contributed by atoms with E-state index in [9.17, 15) is 5.11 Å². The molecule has 0 spiro atoms. The van der Waals surface area contributed by atoms with Crippen LogP contribution in [0, 0.1) is 5.92 Å². The summed E-state index contributed by atoms with van der Waals surface area (Å²) in [5.41, 5.74) is 1.15. The van der Waals surface area contributed by atoms with Gasteiger partial charge in [-0.25, -0.2) is 0 Å². The quantitative estimate of drug-likeness (QED) is 0.705. The van der Waals surface area contributed by atoms with Crippen LogP contribution in [-0.4, -0.2) is 44.6 Å². The molecule has 1 saturated heterocycles. The molecule has 2 rings (SSSR count). The van der Waals surface area contributed by atoms with Gasteiger partial charge in [-0.15, -0.1) is 12.4 Å². The molecule has 1 aromatic carbocycles. The third-order valence-corrected chi connectivity index (χ3v) is 3.57. The molecule has 0 radical (unpaired) electrons. The average Bonchev–Trinajstić information content (AvgIpc) is 2.85. The second-order valence-corrected chi connectivity index (χ2v) is 5.03. The van der Waals surface area contributed by atoms with Crippen LogP contribution in [0.5, 0.6) is 11.5 Å². The second-order valence-electron chi connectivity index (χ2n) is 5.03. The van der Waals surface area contributed by atoms with E-state index in [2.05, 4.69) is 10.6 Å². The summed E-state index contributed by atoms with van der Waals surface area (Å²) in [4.78, 5) is 0. The number of benzene rings is 1. The lowest BCUT2D eigenvalue weighted by Crippen LogP contribution is -2.30. The number of methoxy groups -OCH3 is 1. The Labute approximate surface area is 132 Å². The van der Waals surface area contributed by atoms with E-state index in [0.29, 0.717) is 19.1 Å². The highest BCUT2D eigenvalue weighted by atomic mass is 35.5. The Morgan fingerprint density at radius 2 is 2.14 bits per heavy atom. The molecule has 1 aliphatic heterocycles. The number of hydrogen-bond acceptors (Lipinski definition) is 5. The standard InChI is InChI=1S/C15H24N2O3.ClH/c1-3-20-15-6-11(4-5-14(15)19-2)7-16-8-12-9-17-10-13(12)18;/h4-6,12-13,16-18H,3,7-10H2,1-2H3;1H. The van der Waals surface area contributed by atoms with Gasteiger partial charge in [0.25, 0.3) is 0 Å². The van der Waals surface area contributed by atoms with Gasteiger partial charge >= 0.3 is 0 Å². The molecular formula is C15H25ClN2O3. The third kappa shape index (κ3) is 5.04. The fourth-order valence-corrected chi connectivity index (χ4v) is 2.43. The van der Waals surface area contributed by atoms with Gasteiger partial charge in [0.05, 0.1) is 19.8 Å². The topological polar surface area (TPSA) is 62.8 Å². The van der Waals surface area contributed by atoms with E-state index in [-0.39, 0.29) is 18.5 Å². The zero-order chi connectivity index (χ0) is 14.4. The van der Waals surface area contributed by atoms with Crippen LogP contribution in [0.2, 0.25) is 0 Å². The van der Waals surface area contributed by atoms with E-state index in [0.717, 1.165) is 36.7 Å². The molecule has 0 saturated carbocycles. The zero-order valence-corrected chi connectivity index (χ0v) is 13.4. The lowest BCUT2D eigenvalue weighted by molar-refractivity contribution is 0.146. The van der Waals surface area contributed by atoms with Crippen LogP contribution in [0.4, 0.5) is 0 Å². The second kappa shape index (κ2) is 9.10. The molecule has 0 aliphatic carbocycles. The molecule has 1 aliphatic rings. The van der Waals surface area contributed by atoms with Crippen LogP contribution in [0.1, 0.15) is 12.5 Å². The lowest BCUT2D eigenvalue weighted by Gasteiger charge is -2.15. The maximum absolute atomic E-state index is 9.73. The van der Waals surface area contributed by atoms with E-state index < -0.39 is 0 Å². The molecule has 5 nitrogen and oxygen atoms in total. The number of rotatable bonds is 7. The molecule has 0 bridgehead atoms. The molecule has 0 aromatic heterocycles. The average molecular weight is 317 g/mol. The molecule has 2 unspecified atom stereocenters. The molecule has 21 heavy (non-hydrogen) atoms. The van der Waals surface area contributed by atoms with Crippen LogP contribution in [0.15, 0.2) is 18.2 Å². The van der Waals surface area contributed by atoms with Gasteiger partial charge in [-0.3, -0.25) is 0 Å². The highest BCUT2D eigenvalue weighted by molar-refractivity contribution is 5.85. The summed E-state index contributed by atoms with van der Waals surface area (Å²) in [5, 5.41) is 16.3. The Morgan fingerprint density at radius 3 is 2.76 bits per heavy atom. The smallest absolute Gasteiger partial charge is 0.161 e. The van der Waals surface area contributed by atoms with Crippen molar-refractivity contribution in [3.63, 3.8) is 0 Å². The predicted molar refractivity (Wildman–Crippen MR) is 85.5 cm³/mol. The van der Waals surface area contributed by atoms with E-state index >= 15 is 0 Å². The Hall–Kier alpha value is -1.01.